The van der Waals surface area contributed by atoms with Crippen LogP contribution < -0.4 is 5.43 Å². The number of nitro benzene ring substituents is 1. The molecule has 0 heterocycles. The van der Waals surface area contributed by atoms with Gasteiger partial charge >= 0.3 is 0 Å². The van der Waals surface area contributed by atoms with E-state index in [2.05, 4.69) is 10.5 Å². The highest BCUT2D eigenvalue weighted by Crippen LogP contribution is 2.29. The van der Waals surface area contributed by atoms with Crippen LogP contribution in [0.3, 0.4) is 0 Å². The lowest BCUT2D eigenvalue weighted by atomic mass is 10.2. The maximum Gasteiger partial charge on any atom is 0.288 e. The molecule has 23 heavy (non-hydrogen) atoms. The Labute approximate surface area is 145 Å². The standard InChI is InChI=1S/C14H8Cl3N3O3/c15-10-3-1-2-8(4-10)14(21)19-18-7-9-5-13(20(22)23)12(17)6-11(9)16/h1-7H,(H,19,21)/b18-7+. The Bertz CT molecular complexity index is 809. The Morgan fingerprint density at radius 2 is 1.91 bits per heavy atom. The van der Waals surface area contributed by atoms with Gasteiger partial charge in [0.2, 0.25) is 0 Å². The lowest BCUT2D eigenvalue weighted by Gasteiger charge is -2.02. The summed E-state index contributed by atoms with van der Waals surface area (Å²) >= 11 is 17.4. The van der Waals surface area contributed by atoms with Crippen LogP contribution in [0, 0.1) is 10.1 Å². The molecule has 0 bridgehead atoms. The van der Waals surface area contributed by atoms with Gasteiger partial charge in [-0.05, 0) is 24.3 Å². The molecule has 2 aromatic carbocycles. The summed E-state index contributed by atoms with van der Waals surface area (Å²) in [5.74, 6) is -0.483. The Balaban J connectivity index is 2.16. The first-order valence-corrected chi connectivity index (χ1v) is 7.24. The highest BCUT2D eigenvalue weighted by molar-refractivity contribution is 6.37. The van der Waals surface area contributed by atoms with E-state index >= 15 is 0 Å². The van der Waals surface area contributed by atoms with Crippen molar-refractivity contribution < 1.29 is 9.72 Å². The zero-order valence-corrected chi connectivity index (χ0v) is 13.6. The van der Waals surface area contributed by atoms with Crippen molar-refractivity contribution >= 4 is 52.6 Å². The number of hydrogen-bond donors (Lipinski definition) is 1. The van der Waals surface area contributed by atoms with E-state index in [0.717, 1.165) is 0 Å². The fraction of sp³-hybridized carbons (Fsp3) is 0. The molecule has 0 aliphatic rings. The molecule has 0 unspecified atom stereocenters. The number of rotatable bonds is 4. The minimum Gasteiger partial charge on any atom is -0.267 e. The molecule has 0 spiro atoms. The number of nitrogens with one attached hydrogen (secondary N) is 1. The van der Waals surface area contributed by atoms with Crippen LogP contribution in [0.1, 0.15) is 15.9 Å². The first-order chi connectivity index (χ1) is 10.9. The van der Waals surface area contributed by atoms with Crippen molar-refractivity contribution in [3.8, 4) is 0 Å². The molecule has 0 saturated heterocycles. The SMILES string of the molecule is O=C(N/N=C/c1cc([N+](=O)[O-])c(Cl)cc1Cl)c1cccc(Cl)c1. The summed E-state index contributed by atoms with van der Waals surface area (Å²) in [5, 5.41) is 15.1. The van der Waals surface area contributed by atoms with Crippen molar-refractivity contribution in [2.45, 2.75) is 0 Å². The number of nitro groups is 1. The minimum absolute atomic E-state index is 0.0832. The van der Waals surface area contributed by atoms with Crippen LogP contribution in [0.25, 0.3) is 0 Å². The van der Waals surface area contributed by atoms with Crippen molar-refractivity contribution in [2.24, 2.45) is 5.10 Å². The highest BCUT2D eigenvalue weighted by atomic mass is 35.5. The van der Waals surface area contributed by atoms with Crippen LogP contribution in [-0.4, -0.2) is 17.0 Å². The van der Waals surface area contributed by atoms with Gasteiger partial charge < -0.3 is 0 Å². The second-order valence-corrected chi connectivity index (χ2v) is 5.54. The molecule has 0 saturated carbocycles. The predicted octanol–water partition coefficient (Wildman–Crippen LogP) is 4.32. The van der Waals surface area contributed by atoms with E-state index in [-0.39, 0.29) is 21.3 Å². The van der Waals surface area contributed by atoms with Crippen LogP contribution in [0.15, 0.2) is 41.5 Å². The van der Waals surface area contributed by atoms with Gasteiger partial charge in [0.05, 0.1) is 16.2 Å². The zero-order valence-electron chi connectivity index (χ0n) is 11.3. The molecule has 6 nitrogen and oxygen atoms in total. The number of carbonyl (C=O) groups excluding carboxylic acids is 1. The fourth-order valence-corrected chi connectivity index (χ4v) is 2.34. The summed E-state index contributed by atoms with van der Waals surface area (Å²) in [5.41, 5.74) is 2.54. The second-order valence-electron chi connectivity index (χ2n) is 4.29. The van der Waals surface area contributed by atoms with Gasteiger partial charge in [0.25, 0.3) is 11.6 Å². The van der Waals surface area contributed by atoms with Crippen molar-refractivity contribution in [3.63, 3.8) is 0 Å². The summed E-state index contributed by atoms with van der Waals surface area (Å²) in [6, 6.07) is 8.71. The van der Waals surface area contributed by atoms with Crippen LogP contribution in [0.2, 0.25) is 15.1 Å². The quantitative estimate of drug-likeness (QED) is 0.493. The molecule has 0 aromatic heterocycles. The van der Waals surface area contributed by atoms with Gasteiger partial charge in [-0.25, -0.2) is 5.43 Å². The van der Waals surface area contributed by atoms with Crippen molar-refractivity contribution in [2.75, 3.05) is 0 Å². The number of benzene rings is 2. The van der Waals surface area contributed by atoms with Gasteiger partial charge in [-0.15, -0.1) is 0 Å². The summed E-state index contributed by atoms with van der Waals surface area (Å²) in [7, 11) is 0. The maximum absolute atomic E-state index is 11.9. The Kier molecular flexibility index (Phi) is 5.54. The predicted molar refractivity (Wildman–Crippen MR) is 89.6 cm³/mol. The van der Waals surface area contributed by atoms with E-state index in [1.807, 2.05) is 0 Å². The zero-order chi connectivity index (χ0) is 17.0. The van der Waals surface area contributed by atoms with Gasteiger partial charge in [-0.3, -0.25) is 14.9 Å². The van der Waals surface area contributed by atoms with Gasteiger partial charge in [0.1, 0.15) is 5.02 Å². The summed E-state index contributed by atoms with van der Waals surface area (Å²) < 4.78 is 0. The van der Waals surface area contributed by atoms with E-state index in [4.69, 9.17) is 34.8 Å². The molecule has 1 N–H and O–H groups in total. The molecule has 1 amide bonds. The molecule has 0 fully saturated rings. The first kappa shape index (κ1) is 17.2. The summed E-state index contributed by atoms with van der Waals surface area (Å²) in [6.45, 7) is 0. The van der Waals surface area contributed by atoms with Gasteiger partial charge in [0, 0.05) is 22.2 Å². The van der Waals surface area contributed by atoms with E-state index in [0.29, 0.717) is 10.6 Å². The highest BCUT2D eigenvalue weighted by Gasteiger charge is 2.15. The largest absolute Gasteiger partial charge is 0.288 e. The molecule has 0 atom stereocenters. The third kappa shape index (κ3) is 4.41. The van der Waals surface area contributed by atoms with Crippen molar-refractivity contribution in [1.29, 1.82) is 0 Å². The second kappa shape index (κ2) is 7.41. The number of hydrazone groups is 1. The number of nitrogens with zero attached hydrogens (tertiary/aromatic N) is 2. The lowest BCUT2D eigenvalue weighted by molar-refractivity contribution is -0.384. The smallest absolute Gasteiger partial charge is 0.267 e. The van der Waals surface area contributed by atoms with Gasteiger partial charge in [0.15, 0.2) is 0 Å². The van der Waals surface area contributed by atoms with Gasteiger partial charge in [-0.1, -0.05) is 40.9 Å². The molecule has 0 radical (unpaired) electrons. The minimum atomic E-state index is -0.638. The van der Waals surface area contributed by atoms with Crippen molar-refractivity contribution in [1.82, 2.24) is 5.43 Å². The van der Waals surface area contributed by atoms with Gasteiger partial charge in [-0.2, -0.15) is 5.10 Å². The van der Waals surface area contributed by atoms with Crippen molar-refractivity contribution in [3.05, 3.63) is 72.7 Å². The molecular formula is C14H8Cl3N3O3. The van der Waals surface area contributed by atoms with Crippen LogP contribution in [0.5, 0.6) is 0 Å². The fourth-order valence-electron chi connectivity index (χ4n) is 1.65. The first-order valence-electron chi connectivity index (χ1n) is 6.11. The third-order valence-corrected chi connectivity index (χ3v) is 3.58. The van der Waals surface area contributed by atoms with Crippen LogP contribution in [0.4, 0.5) is 5.69 Å². The molecule has 9 heteroatoms. The number of amides is 1. The molecule has 0 aliphatic carbocycles. The average Bonchev–Trinajstić information content (AvgIpc) is 2.48. The molecule has 2 aromatic rings. The summed E-state index contributed by atoms with van der Waals surface area (Å²) in [4.78, 5) is 22.1. The molecule has 118 valence electrons. The van der Waals surface area contributed by atoms with Crippen LogP contribution in [-0.2, 0) is 0 Å². The Hall–Kier alpha value is -2.15. The van der Waals surface area contributed by atoms with E-state index < -0.39 is 10.8 Å². The third-order valence-electron chi connectivity index (χ3n) is 2.72. The lowest BCUT2D eigenvalue weighted by Crippen LogP contribution is -2.17. The Morgan fingerprint density at radius 1 is 1.17 bits per heavy atom. The Morgan fingerprint density at radius 3 is 2.57 bits per heavy atom. The number of carbonyl (C=O) groups is 1. The number of halogens is 3. The van der Waals surface area contributed by atoms with Crippen LogP contribution >= 0.6 is 34.8 Å². The van der Waals surface area contributed by atoms with E-state index in [9.17, 15) is 14.9 Å². The van der Waals surface area contributed by atoms with E-state index in [1.165, 1.54) is 24.4 Å². The number of hydrogen-bond acceptors (Lipinski definition) is 4. The summed E-state index contributed by atoms with van der Waals surface area (Å²) in [6.07, 6.45) is 1.19. The average molecular weight is 373 g/mol. The molecule has 0 aliphatic heterocycles. The molecule has 2 rings (SSSR count). The topological polar surface area (TPSA) is 84.6 Å². The monoisotopic (exact) mass is 371 g/mol. The van der Waals surface area contributed by atoms with E-state index in [1.54, 1.807) is 18.2 Å². The molecular weight excluding hydrogens is 365 g/mol. The normalized spacial score (nSPS) is 10.7. The maximum atomic E-state index is 11.9.